The Morgan fingerprint density at radius 3 is 2.25 bits per heavy atom. The number of aromatic hydroxyl groups is 2. The highest BCUT2D eigenvalue weighted by molar-refractivity contribution is 7.84. The fourth-order valence-corrected chi connectivity index (χ4v) is 6.10. The van der Waals surface area contributed by atoms with Gasteiger partial charge in [-0.05, 0) is 43.0 Å². The number of fused-ring (bicyclic) bond motifs is 1. The molecule has 2 aromatic carbocycles. The maximum Gasteiger partial charge on any atom is 0.453 e. The van der Waals surface area contributed by atoms with Gasteiger partial charge in [-0.2, -0.15) is 22.0 Å². The Morgan fingerprint density at radius 2 is 1.55 bits per heavy atom. The first kappa shape index (κ1) is 32.1. The minimum absolute atomic E-state index is 0.0487. The number of benzene rings is 2. The van der Waals surface area contributed by atoms with Crippen LogP contribution in [0.2, 0.25) is 0 Å². The van der Waals surface area contributed by atoms with Crippen molar-refractivity contribution < 1.29 is 45.8 Å². The zero-order valence-electron chi connectivity index (χ0n) is 22.5. The molecule has 2 N–H and O–H groups in total. The Hall–Kier alpha value is -2.40. The predicted molar refractivity (Wildman–Crippen MR) is 144 cm³/mol. The number of hydrogen-bond donors (Lipinski definition) is 2. The van der Waals surface area contributed by atoms with E-state index in [1.165, 1.54) is 0 Å². The Morgan fingerprint density at radius 1 is 0.925 bits per heavy atom. The van der Waals surface area contributed by atoms with Crippen LogP contribution >= 0.6 is 0 Å². The molecule has 3 atom stereocenters. The van der Waals surface area contributed by atoms with E-state index in [1.54, 1.807) is 24.3 Å². The van der Waals surface area contributed by atoms with E-state index >= 15 is 0 Å². The van der Waals surface area contributed by atoms with E-state index in [1.807, 2.05) is 18.2 Å². The minimum Gasteiger partial charge on any atom is -0.508 e. The van der Waals surface area contributed by atoms with Gasteiger partial charge in [0.15, 0.2) is 0 Å². The van der Waals surface area contributed by atoms with Gasteiger partial charge in [0.2, 0.25) is 0 Å². The average molecular weight is 593 g/mol. The van der Waals surface area contributed by atoms with Gasteiger partial charge in [0.25, 0.3) is 0 Å². The monoisotopic (exact) mass is 592 g/mol. The van der Waals surface area contributed by atoms with Crippen molar-refractivity contribution in [1.82, 2.24) is 0 Å². The van der Waals surface area contributed by atoms with Crippen LogP contribution in [0.4, 0.5) is 22.0 Å². The molecule has 0 aromatic heterocycles. The molecular formula is C29H37F5O5S. The van der Waals surface area contributed by atoms with Crippen LogP contribution in [-0.2, 0) is 21.0 Å². The molecule has 11 heteroatoms. The molecule has 0 bridgehead atoms. The molecular weight excluding hydrogens is 555 g/mol. The van der Waals surface area contributed by atoms with Crippen LogP contribution in [-0.4, -0.2) is 57.8 Å². The van der Waals surface area contributed by atoms with E-state index in [0.29, 0.717) is 37.7 Å². The third-order valence-corrected chi connectivity index (χ3v) is 8.91. The smallest absolute Gasteiger partial charge is 0.453 e. The number of phenols is 2. The van der Waals surface area contributed by atoms with Crippen molar-refractivity contribution in [3.63, 3.8) is 0 Å². The van der Waals surface area contributed by atoms with Crippen LogP contribution in [0.5, 0.6) is 17.2 Å². The number of ether oxygens (including phenoxy) is 2. The molecule has 0 fully saturated rings. The third kappa shape index (κ3) is 8.55. The summed E-state index contributed by atoms with van der Waals surface area (Å²) in [4.78, 5) is 0. The van der Waals surface area contributed by atoms with Crippen molar-refractivity contribution in [1.29, 1.82) is 0 Å². The van der Waals surface area contributed by atoms with Gasteiger partial charge in [-0.1, -0.05) is 44.4 Å². The third-order valence-electron chi connectivity index (χ3n) is 7.42. The number of rotatable bonds is 15. The Kier molecular flexibility index (Phi) is 11.2. The second-order valence-corrected chi connectivity index (χ2v) is 12.2. The Balaban J connectivity index is 1.38. The van der Waals surface area contributed by atoms with Crippen LogP contribution in [0.15, 0.2) is 42.5 Å². The van der Waals surface area contributed by atoms with Crippen LogP contribution in [0.25, 0.3) is 0 Å². The molecule has 0 radical (unpaired) electrons. The summed E-state index contributed by atoms with van der Waals surface area (Å²) in [5, 5.41) is 19.6. The summed E-state index contributed by atoms with van der Waals surface area (Å²) in [6, 6.07) is 12.1. The molecule has 3 rings (SSSR count). The normalized spacial score (nSPS) is 20.1. The Labute approximate surface area is 234 Å². The SMILES string of the molecule is C[C@]1(c2ccc(O)cc2)COc2cc(O)ccc2[C@H]1COCCCCCCCS(=O)CCCC(F)(F)C(F)(F)F. The lowest BCUT2D eigenvalue weighted by Gasteiger charge is -2.42. The lowest BCUT2D eigenvalue weighted by molar-refractivity contribution is -0.284. The molecule has 1 aliphatic heterocycles. The quantitative estimate of drug-likeness (QED) is 0.169. The van der Waals surface area contributed by atoms with Gasteiger partial charge in [-0.15, -0.1) is 0 Å². The van der Waals surface area contributed by atoms with Crippen molar-refractivity contribution in [2.75, 3.05) is 31.3 Å². The van der Waals surface area contributed by atoms with Gasteiger partial charge in [0.1, 0.15) is 17.2 Å². The maximum absolute atomic E-state index is 12.9. The summed E-state index contributed by atoms with van der Waals surface area (Å²) >= 11 is 0. The molecule has 0 amide bonds. The van der Waals surface area contributed by atoms with Gasteiger partial charge in [0, 0.05) is 58.3 Å². The van der Waals surface area contributed by atoms with Crippen LogP contribution in [0.1, 0.15) is 68.9 Å². The largest absolute Gasteiger partial charge is 0.508 e. The van der Waals surface area contributed by atoms with E-state index in [-0.39, 0.29) is 23.2 Å². The van der Waals surface area contributed by atoms with Gasteiger partial charge in [0.05, 0.1) is 13.2 Å². The molecule has 0 saturated carbocycles. The highest BCUT2D eigenvalue weighted by atomic mass is 32.2. The molecule has 1 heterocycles. The molecule has 40 heavy (non-hydrogen) atoms. The van der Waals surface area contributed by atoms with E-state index in [9.17, 15) is 36.4 Å². The van der Waals surface area contributed by atoms with Gasteiger partial charge in [-0.3, -0.25) is 4.21 Å². The summed E-state index contributed by atoms with van der Waals surface area (Å²) in [5.74, 6) is -3.72. The summed E-state index contributed by atoms with van der Waals surface area (Å²) in [6.45, 7) is 3.45. The molecule has 0 saturated heterocycles. The first-order valence-electron chi connectivity index (χ1n) is 13.5. The second kappa shape index (κ2) is 14.0. The minimum atomic E-state index is -5.57. The highest BCUT2D eigenvalue weighted by Crippen LogP contribution is 2.47. The van der Waals surface area contributed by atoms with E-state index in [0.717, 1.165) is 36.8 Å². The molecule has 1 unspecified atom stereocenters. The van der Waals surface area contributed by atoms with Crippen molar-refractivity contribution in [3.8, 4) is 17.2 Å². The molecule has 2 aromatic rings. The molecule has 0 spiro atoms. The number of phenolic OH excluding ortho intramolecular Hbond substituents is 2. The second-order valence-electron chi connectivity index (χ2n) is 10.5. The maximum atomic E-state index is 12.9. The van der Waals surface area contributed by atoms with Crippen molar-refractivity contribution in [3.05, 3.63) is 53.6 Å². The lowest BCUT2D eigenvalue weighted by Crippen LogP contribution is -2.42. The lowest BCUT2D eigenvalue weighted by atomic mass is 9.68. The number of alkyl halides is 5. The fraction of sp³-hybridized carbons (Fsp3) is 0.586. The predicted octanol–water partition coefficient (Wildman–Crippen LogP) is 7.23. The molecule has 1 aliphatic rings. The zero-order valence-corrected chi connectivity index (χ0v) is 23.3. The number of hydrogen-bond acceptors (Lipinski definition) is 5. The average Bonchev–Trinajstić information content (AvgIpc) is 2.88. The summed E-state index contributed by atoms with van der Waals surface area (Å²) in [7, 11) is -1.40. The number of halogens is 5. The first-order valence-corrected chi connectivity index (χ1v) is 14.9. The van der Waals surface area contributed by atoms with Gasteiger partial charge < -0.3 is 19.7 Å². The number of unbranched alkanes of at least 4 members (excludes halogenated alkanes) is 4. The van der Waals surface area contributed by atoms with Crippen molar-refractivity contribution >= 4 is 10.8 Å². The van der Waals surface area contributed by atoms with Crippen LogP contribution in [0, 0.1) is 0 Å². The molecule has 5 nitrogen and oxygen atoms in total. The fourth-order valence-electron chi connectivity index (χ4n) is 4.91. The van der Waals surface area contributed by atoms with E-state index in [2.05, 4.69) is 6.92 Å². The van der Waals surface area contributed by atoms with Crippen molar-refractivity contribution in [2.45, 2.75) is 75.3 Å². The summed E-state index contributed by atoms with van der Waals surface area (Å²) in [5.41, 5.74) is 1.52. The molecule has 0 aliphatic carbocycles. The zero-order chi connectivity index (χ0) is 29.4. The summed E-state index contributed by atoms with van der Waals surface area (Å²) < 4.78 is 86.4. The molecule has 224 valence electrons. The van der Waals surface area contributed by atoms with E-state index in [4.69, 9.17) is 9.47 Å². The van der Waals surface area contributed by atoms with Crippen molar-refractivity contribution in [2.24, 2.45) is 0 Å². The standard InChI is InChI=1S/C29H37F5O5S/c1-27(21-8-10-22(35)11-9-21)20-39-26-18-23(36)12-13-24(26)25(27)19-38-15-5-3-2-4-6-16-40(37)17-7-14-28(30,31)29(32,33)34/h8-13,18,25,35-36H,2-7,14-17,19-20H2,1H3/t25-,27-,40?/m1/s1. The van der Waals surface area contributed by atoms with E-state index < -0.39 is 41.2 Å². The summed E-state index contributed by atoms with van der Waals surface area (Å²) in [6.07, 6.45) is -3.34. The highest BCUT2D eigenvalue weighted by Gasteiger charge is 2.56. The van der Waals surface area contributed by atoms with Crippen LogP contribution in [0.3, 0.4) is 0 Å². The van der Waals surface area contributed by atoms with Crippen LogP contribution < -0.4 is 4.74 Å². The Bertz CT molecular complexity index is 1110. The van der Waals surface area contributed by atoms with Gasteiger partial charge >= 0.3 is 12.1 Å². The first-order chi connectivity index (χ1) is 18.8. The topological polar surface area (TPSA) is 76.0 Å². The van der Waals surface area contributed by atoms with Gasteiger partial charge in [-0.25, -0.2) is 0 Å².